The van der Waals surface area contributed by atoms with Gasteiger partial charge in [-0.15, -0.1) is 10.2 Å². The number of hydrogen-bond acceptors (Lipinski definition) is 3. The average molecular weight is 351 g/mol. The van der Waals surface area contributed by atoms with E-state index in [1.54, 1.807) is 0 Å². The molecule has 0 radical (unpaired) electrons. The topological polar surface area (TPSA) is 67.1 Å². The summed E-state index contributed by atoms with van der Waals surface area (Å²) in [7, 11) is 1.98. The summed E-state index contributed by atoms with van der Waals surface area (Å²) >= 11 is 0. The molecular formula is C19H38N6. The molecule has 0 aliphatic heterocycles. The van der Waals surface area contributed by atoms with Gasteiger partial charge >= 0.3 is 0 Å². The highest BCUT2D eigenvalue weighted by Gasteiger charge is 2.05. The number of hydrogen-bond donors (Lipinski definition) is 2. The molecule has 0 aliphatic carbocycles. The van der Waals surface area contributed by atoms with Crippen LogP contribution >= 0.6 is 0 Å². The van der Waals surface area contributed by atoms with Crippen molar-refractivity contribution >= 4 is 5.96 Å². The van der Waals surface area contributed by atoms with Gasteiger partial charge in [0.1, 0.15) is 12.4 Å². The molecule has 6 nitrogen and oxygen atoms in total. The van der Waals surface area contributed by atoms with E-state index in [1.165, 1.54) is 51.4 Å². The van der Waals surface area contributed by atoms with Crippen molar-refractivity contribution in [2.75, 3.05) is 13.1 Å². The molecule has 25 heavy (non-hydrogen) atoms. The number of unbranched alkanes of at least 4 members (excludes halogenated alkanes) is 7. The minimum Gasteiger partial charge on any atom is -0.356 e. The lowest BCUT2D eigenvalue weighted by atomic mass is 10.1. The summed E-state index contributed by atoms with van der Waals surface area (Å²) in [6, 6.07) is 0. The summed E-state index contributed by atoms with van der Waals surface area (Å²) in [6.07, 6.45) is 11.6. The molecule has 6 heteroatoms. The normalized spacial score (nSPS) is 11.8. The fourth-order valence-corrected chi connectivity index (χ4v) is 2.59. The van der Waals surface area contributed by atoms with Crippen molar-refractivity contribution in [2.24, 2.45) is 12.0 Å². The highest BCUT2D eigenvalue weighted by Crippen LogP contribution is 2.06. The molecule has 144 valence electrons. The number of nitrogens with one attached hydrogen (secondary N) is 2. The zero-order valence-electron chi connectivity index (χ0n) is 16.8. The van der Waals surface area contributed by atoms with E-state index in [0.29, 0.717) is 6.54 Å². The first-order valence-electron chi connectivity index (χ1n) is 10.1. The van der Waals surface area contributed by atoms with Crippen LogP contribution in [0, 0.1) is 6.92 Å². The highest BCUT2D eigenvalue weighted by molar-refractivity contribution is 5.79. The number of rotatable bonds is 13. The molecule has 1 aromatic heterocycles. The third kappa shape index (κ3) is 9.46. The van der Waals surface area contributed by atoms with Gasteiger partial charge in [-0.05, 0) is 19.8 Å². The Balaban J connectivity index is 2.34. The quantitative estimate of drug-likeness (QED) is 0.323. The van der Waals surface area contributed by atoms with Crippen LogP contribution in [-0.2, 0) is 13.6 Å². The Kier molecular flexibility index (Phi) is 11.7. The van der Waals surface area contributed by atoms with E-state index in [4.69, 9.17) is 0 Å². The van der Waals surface area contributed by atoms with Crippen LogP contribution in [0.15, 0.2) is 4.99 Å². The van der Waals surface area contributed by atoms with Crippen molar-refractivity contribution in [3.8, 4) is 0 Å². The molecule has 2 N–H and O–H groups in total. The monoisotopic (exact) mass is 350 g/mol. The first kappa shape index (κ1) is 21.5. The Morgan fingerprint density at radius 1 is 0.880 bits per heavy atom. The molecule has 1 aromatic rings. The molecule has 0 saturated heterocycles. The van der Waals surface area contributed by atoms with Crippen LogP contribution in [0.5, 0.6) is 0 Å². The van der Waals surface area contributed by atoms with Crippen LogP contribution in [0.3, 0.4) is 0 Å². The molecule has 0 saturated carbocycles. The lowest BCUT2D eigenvalue weighted by Crippen LogP contribution is -2.38. The molecule has 1 heterocycles. The molecule has 0 unspecified atom stereocenters. The summed E-state index contributed by atoms with van der Waals surface area (Å²) in [6.45, 7) is 8.90. The van der Waals surface area contributed by atoms with E-state index in [9.17, 15) is 0 Å². The first-order chi connectivity index (χ1) is 12.2. The Bertz CT molecular complexity index is 480. The van der Waals surface area contributed by atoms with Crippen molar-refractivity contribution in [3.63, 3.8) is 0 Å². The standard InChI is InChI=1S/C19H38N6/c1-5-7-9-10-11-12-13-15-21-19(20-14-8-6-2)22-16-18-24-23-17(3)25(18)4/h5-16H2,1-4H3,(H2,20,21,22). The van der Waals surface area contributed by atoms with Gasteiger partial charge in [0.05, 0.1) is 0 Å². The van der Waals surface area contributed by atoms with Crippen molar-refractivity contribution < 1.29 is 0 Å². The molecule has 0 aromatic carbocycles. The third-order valence-electron chi connectivity index (χ3n) is 4.46. The molecule has 0 bridgehead atoms. The van der Waals surface area contributed by atoms with Crippen LogP contribution in [0.2, 0.25) is 0 Å². The van der Waals surface area contributed by atoms with Gasteiger partial charge in [0.15, 0.2) is 11.8 Å². The van der Waals surface area contributed by atoms with E-state index < -0.39 is 0 Å². The van der Waals surface area contributed by atoms with Crippen molar-refractivity contribution in [1.29, 1.82) is 0 Å². The minimum absolute atomic E-state index is 0.551. The molecule has 0 amide bonds. The fraction of sp³-hybridized carbons (Fsp3) is 0.842. The second-order valence-electron chi connectivity index (χ2n) is 6.72. The molecule has 0 aliphatic rings. The van der Waals surface area contributed by atoms with Gasteiger partial charge in [-0.25, -0.2) is 4.99 Å². The number of nitrogens with zero attached hydrogens (tertiary/aromatic N) is 4. The summed E-state index contributed by atoms with van der Waals surface area (Å²) in [4.78, 5) is 4.67. The maximum atomic E-state index is 4.67. The zero-order valence-corrected chi connectivity index (χ0v) is 16.8. The third-order valence-corrected chi connectivity index (χ3v) is 4.46. The minimum atomic E-state index is 0.551. The van der Waals surface area contributed by atoms with Gasteiger partial charge in [0.25, 0.3) is 0 Å². The Labute approximate surface area is 153 Å². The predicted molar refractivity (Wildman–Crippen MR) is 106 cm³/mol. The smallest absolute Gasteiger partial charge is 0.191 e. The summed E-state index contributed by atoms with van der Waals surface area (Å²) in [5, 5.41) is 15.1. The second-order valence-corrected chi connectivity index (χ2v) is 6.72. The van der Waals surface area contributed by atoms with Gasteiger partial charge in [-0.3, -0.25) is 0 Å². The van der Waals surface area contributed by atoms with Gasteiger partial charge in [0, 0.05) is 20.1 Å². The van der Waals surface area contributed by atoms with E-state index in [0.717, 1.165) is 37.1 Å². The molecule has 0 fully saturated rings. The van der Waals surface area contributed by atoms with Gasteiger partial charge < -0.3 is 15.2 Å². The molecule has 1 rings (SSSR count). The van der Waals surface area contributed by atoms with Crippen molar-refractivity contribution in [2.45, 2.75) is 85.1 Å². The number of aryl methyl sites for hydroxylation is 1. The predicted octanol–water partition coefficient (Wildman–Crippen LogP) is 3.71. The largest absolute Gasteiger partial charge is 0.356 e. The number of aromatic nitrogens is 3. The van der Waals surface area contributed by atoms with Crippen LogP contribution in [0.4, 0.5) is 0 Å². The number of aliphatic imine (C=N–C) groups is 1. The fourth-order valence-electron chi connectivity index (χ4n) is 2.59. The lowest BCUT2D eigenvalue weighted by Gasteiger charge is -2.12. The van der Waals surface area contributed by atoms with E-state index in [-0.39, 0.29) is 0 Å². The second kappa shape index (κ2) is 13.7. The van der Waals surface area contributed by atoms with E-state index >= 15 is 0 Å². The average Bonchev–Trinajstić information content (AvgIpc) is 2.93. The van der Waals surface area contributed by atoms with E-state index in [2.05, 4.69) is 39.7 Å². The Hall–Kier alpha value is -1.59. The summed E-state index contributed by atoms with van der Waals surface area (Å²) < 4.78 is 1.99. The highest BCUT2D eigenvalue weighted by atomic mass is 15.3. The van der Waals surface area contributed by atoms with Gasteiger partial charge in [0.2, 0.25) is 0 Å². The Morgan fingerprint density at radius 2 is 1.48 bits per heavy atom. The molecule has 0 spiro atoms. The SMILES string of the molecule is CCCCCCCCCNC(=NCc1nnc(C)n1C)NCCCC. The van der Waals surface area contributed by atoms with Crippen molar-refractivity contribution in [3.05, 3.63) is 11.6 Å². The van der Waals surface area contributed by atoms with Crippen LogP contribution in [0.25, 0.3) is 0 Å². The zero-order chi connectivity index (χ0) is 18.3. The summed E-state index contributed by atoms with van der Waals surface area (Å²) in [5.41, 5.74) is 0. The molecule has 0 atom stereocenters. The summed E-state index contributed by atoms with van der Waals surface area (Å²) in [5.74, 6) is 2.70. The van der Waals surface area contributed by atoms with Gasteiger partial charge in [-0.2, -0.15) is 0 Å². The Morgan fingerprint density at radius 3 is 2.08 bits per heavy atom. The maximum absolute atomic E-state index is 4.67. The lowest BCUT2D eigenvalue weighted by molar-refractivity contribution is 0.583. The van der Waals surface area contributed by atoms with Crippen LogP contribution in [0.1, 0.15) is 83.3 Å². The van der Waals surface area contributed by atoms with Crippen LogP contribution < -0.4 is 10.6 Å². The maximum Gasteiger partial charge on any atom is 0.191 e. The van der Waals surface area contributed by atoms with Crippen molar-refractivity contribution in [1.82, 2.24) is 25.4 Å². The molecular weight excluding hydrogens is 312 g/mol. The number of guanidine groups is 1. The van der Waals surface area contributed by atoms with Crippen LogP contribution in [-0.4, -0.2) is 33.8 Å². The van der Waals surface area contributed by atoms with E-state index in [1.807, 2.05) is 18.5 Å². The first-order valence-corrected chi connectivity index (χ1v) is 10.1. The van der Waals surface area contributed by atoms with Gasteiger partial charge in [-0.1, -0.05) is 58.8 Å².